The van der Waals surface area contributed by atoms with E-state index in [2.05, 4.69) is 33.7 Å². The molecule has 5 heteroatoms. The first-order valence-electron chi connectivity index (χ1n) is 5.64. The van der Waals surface area contributed by atoms with E-state index in [4.69, 9.17) is 5.73 Å². The Morgan fingerprint density at radius 1 is 1.38 bits per heavy atom. The van der Waals surface area contributed by atoms with Crippen LogP contribution in [0.25, 0.3) is 0 Å². The van der Waals surface area contributed by atoms with Gasteiger partial charge in [0, 0.05) is 32.2 Å². The number of anilines is 1. The van der Waals surface area contributed by atoms with Gasteiger partial charge in [-0.25, -0.2) is 4.98 Å². The lowest BCUT2D eigenvalue weighted by molar-refractivity contribution is 0.0990. The molecule has 2 heterocycles. The number of hydrogen-bond acceptors (Lipinski definition) is 5. The summed E-state index contributed by atoms with van der Waals surface area (Å²) in [6, 6.07) is 0.607. The van der Waals surface area contributed by atoms with Crippen LogP contribution in [-0.4, -0.2) is 52.5 Å². The van der Waals surface area contributed by atoms with Gasteiger partial charge in [0.1, 0.15) is 5.82 Å². The SMILES string of the molecule is CC1CN(Cc2cnc(N)cn2)CCN1C. The highest BCUT2D eigenvalue weighted by Crippen LogP contribution is 2.10. The maximum absolute atomic E-state index is 5.51. The topological polar surface area (TPSA) is 58.3 Å². The first kappa shape index (κ1) is 11.3. The van der Waals surface area contributed by atoms with Gasteiger partial charge in [-0.3, -0.25) is 9.88 Å². The number of likely N-dealkylation sites (N-methyl/N-ethyl adjacent to an activating group) is 1. The van der Waals surface area contributed by atoms with Crippen molar-refractivity contribution in [2.24, 2.45) is 0 Å². The molecule has 1 unspecified atom stereocenters. The van der Waals surface area contributed by atoms with Crippen LogP contribution in [0.15, 0.2) is 12.4 Å². The van der Waals surface area contributed by atoms with Crippen LogP contribution in [-0.2, 0) is 6.54 Å². The number of aromatic nitrogens is 2. The van der Waals surface area contributed by atoms with E-state index in [0.29, 0.717) is 11.9 Å². The van der Waals surface area contributed by atoms with Crippen molar-refractivity contribution >= 4 is 5.82 Å². The minimum Gasteiger partial charge on any atom is -0.382 e. The predicted octanol–water partition coefficient (Wildman–Crippen LogP) is 0.195. The van der Waals surface area contributed by atoms with Crippen LogP contribution in [0.5, 0.6) is 0 Å². The molecule has 2 rings (SSSR count). The normalized spacial score (nSPS) is 23.5. The van der Waals surface area contributed by atoms with Crippen LogP contribution in [0, 0.1) is 0 Å². The van der Waals surface area contributed by atoms with Crippen molar-refractivity contribution in [2.45, 2.75) is 19.5 Å². The molecule has 1 aromatic heterocycles. The molecule has 0 bridgehead atoms. The fourth-order valence-electron chi connectivity index (χ4n) is 1.94. The lowest BCUT2D eigenvalue weighted by Crippen LogP contribution is -2.49. The molecule has 1 aliphatic rings. The van der Waals surface area contributed by atoms with Gasteiger partial charge in [-0.15, -0.1) is 0 Å². The van der Waals surface area contributed by atoms with Gasteiger partial charge < -0.3 is 10.6 Å². The van der Waals surface area contributed by atoms with Crippen molar-refractivity contribution in [3.05, 3.63) is 18.1 Å². The zero-order valence-corrected chi connectivity index (χ0v) is 9.93. The zero-order chi connectivity index (χ0) is 11.5. The number of nitrogen functional groups attached to an aromatic ring is 1. The number of nitrogens with two attached hydrogens (primary N) is 1. The van der Waals surface area contributed by atoms with Crippen LogP contribution < -0.4 is 5.73 Å². The molecule has 0 amide bonds. The van der Waals surface area contributed by atoms with Crippen LogP contribution in [0.4, 0.5) is 5.82 Å². The molecular weight excluding hydrogens is 202 g/mol. The fourth-order valence-corrected chi connectivity index (χ4v) is 1.94. The average molecular weight is 221 g/mol. The Balaban J connectivity index is 1.93. The molecule has 1 aliphatic heterocycles. The first-order valence-corrected chi connectivity index (χ1v) is 5.64. The van der Waals surface area contributed by atoms with Gasteiger partial charge in [-0.1, -0.05) is 0 Å². The van der Waals surface area contributed by atoms with Gasteiger partial charge in [0.05, 0.1) is 18.1 Å². The average Bonchev–Trinajstić information content (AvgIpc) is 2.27. The molecule has 0 radical (unpaired) electrons. The largest absolute Gasteiger partial charge is 0.382 e. The van der Waals surface area contributed by atoms with Crippen LogP contribution in [0.2, 0.25) is 0 Å². The summed E-state index contributed by atoms with van der Waals surface area (Å²) >= 11 is 0. The first-order chi connectivity index (χ1) is 7.65. The predicted molar refractivity (Wildman–Crippen MR) is 63.8 cm³/mol. The minimum atomic E-state index is 0.482. The van der Waals surface area contributed by atoms with Crippen molar-refractivity contribution in [3.63, 3.8) is 0 Å². The van der Waals surface area contributed by atoms with Gasteiger partial charge in [0.15, 0.2) is 0 Å². The molecule has 0 aliphatic carbocycles. The van der Waals surface area contributed by atoms with Crippen molar-refractivity contribution < 1.29 is 0 Å². The summed E-state index contributed by atoms with van der Waals surface area (Å²) in [5.74, 6) is 0.482. The smallest absolute Gasteiger partial charge is 0.141 e. The molecule has 88 valence electrons. The third-order valence-electron chi connectivity index (χ3n) is 3.15. The van der Waals surface area contributed by atoms with E-state index < -0.39 is 0 Å². The van der Waals surface area contributed by atoms with Gasteiger partial charge in [0.2, 0.25) is 0 Å². The molecule has 0 spiro atoms. The third kappa shape index (κ3) is 2.68. The quantitative estimate of drug-likeness (QED) is 0.773. The molecule has 2 N–H and O–H groups in total. The third-order valence-corrected chi connectivity index (χ3v) is 3.15. The second kappa shape index (κ2) is 4.76. The van der Waals surface area contributed by atoms with Gasteiger partial charge >= 0.3 is 0 Å². The van der Waals surface area contributed by atoms with Gasteiger partial charge in [0.25, 0.3) is 0 Å². The molecular formula is C11H19N5. The van der Waals surface area contributed by atoms with Crippen LogP contribution in [0.1, 0.15) is 12.6 Å². The van der Waals surface area contributed by atoms with Crippen molar-refractivity contribution in [1.29, 1.82) is 0 Å². The van der Waals surface area contributed by atoms with Crippen molar-refractivity contribution in [2.75, 3.05) is 32.4 Å². The van der Waals surface area contributed by atoms with Crippen molar-refractivity contribution in [3.8, 4) is 0 Å². The van der Waals surface area contributed by atoms with E-state index in [1.54, 1.807) is 12.4 Å². The Kier molecular flexibility index (Phi) is 3.36. The Labute approximate surface area is 96.3 Å². The Morgan fingerprint density at radius 2 is 2.19 bits per heavy atom. The highest BCUT2D eigenvalue weighted by atomic mass is 15.3. The standard InChI is InChI=1S/C11H19N5/c1-9-7-16(4-3-15(9)2)8-10-5-14-11(12)6-13-10/h5-6,9H,3-4,7-8H2,1-2H3,(H2,12,14). The number of nitrogens with zero attached hydrogens (tertiary/aromatic N) is 4. The van der Waals surface area contributed by atoms with Crippen LogP contribution in [0.3, 0.4) is 0 Å². The second-order valence-corrected chi connectivity index (χ2v) is 4.50. The molecule has 1 fully saturated rings. The molecule has 0 aromatic carbocycles. The summed E-state index contributed by atoms with van der Waals surface area (Å²) in [7, 11) is 2.17. The monoisotopic (exact) mass is 221 g/mol. The van der Waals surface area contributed by atoms with E-state index in [1.165, 1.54) is 0 Å². The number of hydrogen-bond donors (Lipinski definition) is 1. The lowest BCUT2D eigenvalue weighted by atomic mass is 10.2. The molecule has 1 aromatic rings. The van der Waals surface area contributed by atoms with E-state index in [1.807, 2.05) is 0 Å². The summed E-state index contributed by atoms with van der Waals surface area (Å²) < 4.78 is 0. The number of piperazine rings is 1. The summed E-state index contributed by atoms with van der Waals surface area (Å²) in [4.78, 5) is 13.1. The van der Waals surface area contributed by atoms with E-state index in [-0.39, 0.29) is 0 Å². The molecule has 1 saturated heterocycles. The molecule has 5 nitrogen and oxygen atoms in total. The summed E-state index contributed by atoms with van der Waals surface area (Å²) in [5, 5.41) is 0. The molecule has 16 heavy (non-hydrogen) atoms. The summed E-state index contributed by atoms with van der Waals surface area (Å²) in [6.45, 7) is 6.41. The second-order valence-electron chi connectivity index (χ2n) is 4.50. The minimum absolute atomic E-state index is 0.482. The number of rotatable bonds is 2. The Morgan fingerprint density at radius 3 is 2.81 bits per heavy atom. The van der Waals surface area contributed by atoms with Gasteiger partial charge in [-0.2, -0.15) is 0 Å². The Bertz CT molecular complexity index is 337. The maximum atomic E-state index is 5.51. The zero-order valence-electron chi connectivity index (χ0n) is 9.93. The van der Waals surface area contributed by atoms with Crippen LogP contribution >= 0.6 is 0 Å². The highest BCUT2D eigenvalue weighted by Gasteiger charge is 2.20. The maximum Gasteiger partial charge on any atom is 0.141 e. The van der Waals surface area contributed by atoms with E-state index in [9.17, 15) is 0 Å². The summed E-state index contributed by atoms with van der Waals surface area (Å²) in [6.07, 6.45) is 3.38. The highest BCUT2D eigenvalue weighted by molar-refractivity contribution is 5.22. The fraction of sp³-hybridized carbons (Fsp3) is 0.636. The van der Waals surface area contributed by atoms with Gasteiger partial charge in [-0.05, 0) is 14.0 Å². The Hall–Kier alpha value is -1.20. The summed E-state index contributed by atoms with van der Waals surface area (Å²) in [5.41, 5.74) is 6.50. The molecule has 1 atom stereocenters. The van der Waals surface area contributed by atoms with E-state index in [0.717, 1.165) is 31.9 Å². The van der Waals surface area contributed by atoms with Crippen molar-refractivity contribution in [1.82, 2.24) is 19.8 Å². The lowest BCUT2D eigenvalue weighted by Gasteiger charge is -2.37. The molecule has 0 saturated carbocycles. The van der Waals surface area contributed by atoms with E-state index >= 15 is 0 Å².